The fourth-order valence-electron chi connectivity index (χ4n) is 9.17. The Labute approximate surface area is 346 Å². The van der Waals surface area contributed by atoms with Gasteiger partial charge in [0, 0.05) is 69.4 Å². The van der Waals surface area contributed by atoms with Gasteiger partial charge in [-0.15, -0.1) is 11.3 Å². The molecule has 60 heavy (non-hydrogen) atoms. The Morgan fingerprint density at radius 2 is 1.05 bits per heavy atom. The third kappa shape index (κ3) is 4.98. The lowest BCUT2D eigenvalue weighted by atomic mass is 9.92. The van der Waals surface area contributed by atoms with E-state index < -0.39 is 0 Å². The van der Waals surface area contributed by atoms with Crippen LogP contribution in [0.3, 0.4) is 0 Å². The molecule has 0 radical (unpaired) electrons. The molecule has 13 aromatic rings. The van der Waals surface area contributed by atoms with Gasteiger partial charge < -0.3 is 4.42 Å². The molecule has 0 amide bonds. The van der Waals surface area contributed by atoms with E-state index in [9.17, 15) is 0 Å². The van der Waals surface area contributed by atoms with E-state index in [4.69, 9.17) is 24.4 Å². The van der Waals surface area contributed by atoms with Gasteiger partial charge in [0.2, 0.25) is 0 Å². The fraction of sp³-hybridized carbons (Fsp3) is 0. The number of para-hydroxylation sites is 2. The molecular formula is C54H30N4OS. The summed E-state index contributed by atoms with van der Waals surface area (Å²) in [5.41, 5.74) is 7.51. The molecule has 0 fully saturated rings. The number of hydrogen-bond donors (Lipinski definition) is 0. The van der Waals surface area contributed by atoms with Crippen LogP contribution in [0.4, 0.5) is 0 Å². The van der Waals surface area contributed by atoms with Gasteiger partial charge in [0.1, 0.15) is 11.2 Å². The van der Waals surface area contributed by atoms with Crippen molar-refractivity contribution < 1.29 is 4.42 Å². The summed E-state index contributed by atoms with van der Waals surface area (Å²) < 4.78 is 8.72. The number of pyridine rings is 1. The fourth-order valence-corrected chi connectivity index (χ4v) is 10.4. The minimum atomic E-state index is 0.602. The number of rotatable bonds is 4. The summed E-state index contributed by atoms with van der Waals surface area (Å²) >= 11 is 1.83. The lowest BCUT2D eigenvalue weighted by Gasteiger charge is -2.14. The van der Waals surface area contributed by atoms with E-state index in [2.05, 4.69) is 121 Å². The molecule has 4 aromatic heterocycles. The van der Waals surface area contributed by atoms with Gasteiger partial charge in [0.25, 0.3) is 0 Å². The summed E-state index contributed by atoms with van der Waals surface area (Å²) in [4.78, 5) is 20.9. The molecule has 0 atom stereocenters. The molecule has 4 heterocycles. The molecule has 278 valence electrons. The Balaban J connectivity index is 1.05. The van der Waals surface area contributed by atoms with E-state index in [0.29, 0.717) is 17.5 Å². The number of nitrogens with zero attached hydrogens (tertiary/aromatic N) is 4. The molecule has 0 saturated carbocycles. The maximum Gasteiger partial charge on any atom is 0.164 e. The van der Waals surface area contributed by atoms with E-state index in [1.54, 1.807) is 0 Å². The van der Waals surface area contributed by atoms with E-state index in [0.717, 1.165) is 66.2 Å². The second-order valence-corrected chi connectivity index (χ2v) is 16.3. The third-order valence-corrected chi connectivity index (χ3v) is 13.1. The summed E-state index contributed by atoms with van der Waals surface area (Å²) in [5.74, 6) is 1.84. The molecule has 6 heteroatoms. The molecular weight excluding hydrogens is 753 g/mol. The quantitative estimate of drug-likeness (QED) is 0.166. The van der Waals surface area contributed by atoms with Crippen molar-refractivity contribution in [3.8, 4) is 45.4 Å². The average Bonchev–Trinajstić information content (AvgIpc) is 3.89. The van der Waals surface area contributed by atoms with Crippen molar-refractivity contribution in [3.05, 3.63) is 182 Å². The van der Waals surface area contributed by atoms with Gasteiger partial charge in [0.05, 0.1) is 11.2 Å². The Hall–Kier alpha value is -7.80. The maximum absolute atomic E-state index is 6.28. The minimum Gasteiger partial charge on any atom is -0.456 e. The standard InChI is InChI=1S/C54H30N4OS/c1-2-13-31(14-3-1)52-56-53(58-54(57-52)41-21-12-24-46-48(41)39-20-9-11-23-45(39)59-46)33-25-28-47-42(30-33)37-26-27-40-49(51(37)60-47)38-19-8-10-22-44(38)55-50(40)43-29-32-15-4-5-16-34(32)35-17-6-7-18-36(35)43/h1-30H. The number of fused-ring (bicyclic) bond motifs is 13. The Bertz CT molecular complexity index is 3910. The Kier molecular flexibility index (Phi) is 7.11. The largest absolute Gasteiger partial charge is 0.456 e. The topological polar surface area (TPSA) is 64.7 Å². The van der Waals surface area contributed by atoms with Crippen LogP contribution in [-0.2, 0) is 0 Å². The lowest BCUT2D eigenvalue weighted by molar-refractivity contribution is 0.669. The van der Waals surface area contributed by atoms with Crippen LogP contribution in [0.25, 0.3) is 131 Å². The zero-order chi connectivity index (χ0) is 39.3. The van der Waals surface area contributed by atoms with Gasteiger partial charge in [-0.25, -0.2) is 19.9 Å². The summed E-state index contributed by atoms with van der Waals surface area (Å²) in [6.07, 6.45) is 0. The number of furan rings is 1. The van der Waals surface area contributed by atoms with Crippen LogP contribution < -0.4 is 0 Å². The summed E-state index contributed by atoms with van der Waals surface area (Å²) in [7, 11) is 0. The zero-order valence-corrected chi connectivity index (χ0v) is 32.7. The molecule has 0 aliphatic heterocycles. The van der Waals surface area contributed by atoms with Gasteiger partial charge in [0.15, 0.2) is 17.5 Å². The highest BCUT2D eigenvalue weighted by Crippen LogP contribution is 2.46. The van der Waals surface area contributed by atoms with Gasteiger partial charge in [-0.1, -0.05) is 140 Å². The van der Waals surface area contributed by atoms with Gasteiger partial charge in [-0.2, -0.15) is 0 Å². The van der Waals surface area contributed by atoms with Crippen LogP contribution in [0.15, 0.2) is 186 Å². The van der Waals surface area contributed by atoms with Crippen molar-refractivity contribution in [1.82, 2.24) is 19.9 Å². The van der Waals surface area contributed by atoms with Crippen molar-refractivity contribution in [2.75, 3.05) is 0 Å². The van der Waals surface area contributed by atoms with E-state index >= 15 is 0 Å². The van der Waals surface area contributed by atoms with Crippen molar-refractivity contribution in [3.63, 3.8) is 0 Å². The molecule has 9 aromatic carbocycles. The maximum atomic E-state index is 6.28. The molecule has 0 unspecified atom stereocenters. The summed E-state index contributed by atoms with van der Waals surface area (Å²) in [6, 6.07) is 63.8. The predicted octanol–water partition coefficient (Wildman–Crippen LogP) is 14.8. The first-order chi connectivity index (χ1) is 29.7. The monoisotopic (exact) mass is 782 g/mol. The van der Waals surface area contributed by atoms with Crippen LogP contribution >= 0.6 is 11.3 Å². The van der Waals surface area contributed by atoms with E-state index in [1.165, 1.54) is 47.1 Å². The van der Waals surface area contributed by atoms with Crippen LogP contribution in [0, 0.1) is 0 Å². The normalized spacial score (nSPS) is 12.0. The molecule has 0 spiro atoms. The summed E-state index contributed by atoms with van der Waals surface area (Å²) in [6.45, 7) is 0. The van der Waals surface area contributed by atoms with Crippen molar-refractivity contribution in [2.24, 2.45) is 0 Å². The highest BCUT2D eigenvalue weighted by atomic mass is 32.1. The molecule has 13 rings (SSSR count). The molecule has 0 bridgehead atoms. The Morgan fingerprint density at radius 3 is 1.93 bits per heavy atom. The van der Waals surface area contributed by atoms with Crippen LogP contribution in [-0.4, -0.2) is 19.9 Å². The minimum absolute atomic E-state index is 0.602. The molecule has 0 saturated heterocycles. The number of hydrogen-bond acceptors (Lipinski definition) is 6. The van der Waals surface area contributed by atoms with Crippen LogP contribution in [0.2, 0.25) is 0 Å². The van der Waals surface area contributed by atoms with Crippen molar-refractivity contribution >= 4 is 96.7 Å². The highest BCUT2D eigenvalue weighted by Gasteiger charge is 2.21. The average molecular weight is 783 g/mol. The van der Waals surface area contributed by atoms with Crippen molar-refractivity contribution in [2.45, 2.75) is 0 Å². The van der Waals surface area contributed by atoms with Crippen LogP contribution in [0.1, 0.15) is 0 Å². The Morgan fingerprint density at radius 1 is 0.367 bits per heavy atom. The number of thiophene rings is 1. The third-order valence-electron chi connectivity index (χ3n) is 11.9. The predicted molar refractivity (Wildman–Crippen MR) is 250 cm³/mol. The molecule has 0 aliphatic rings. The van der Waals surface area contributed by atoms with Gasteiger partial charge in [-0.05, 0) is 64.0 Å². The molecule has 0 N–H and O–H groups in total. The van der Waals surface area contributed by atoms with Crippen LogP contribution in [0.5, 0.6) is 0 Å². The van der Waals surface area contributed by atoms with Crippen molar-refractivity contribution in [1.29, 1.82) is 0 Å². The lowest BCUT2D eigenvalue weighted by Crippen LogP contribution is -2.00. The first-order valence-corrected chi connectivity index (χ1v) is 20.9. The highest BCUT2D eigenvalue weighted by molar-refractivity contribution is 7.26. The first-order valence-electron chi connectivity index (χ1n) is 20.0. The SMILES string of the molecule is c1ccc(-c2nc(-c3ccc4sc5c(ccc6c(-c7cc8ccccc8c8ccccc78)nc7ccccc7c65)c4c3)nc(-c3cccc4oc5ccccc5c34)n2)cc1. The van der Waals surface area contributed by atoms with Gasteiger partial charge in [-0.3, -0.25) is 0 Å². The molecule has 0 aliphatic carbocycles. The first kappa shape index (κ1) is 33.2. The second kappa shape index (κ2) is 12.9. The number of benzene rings is 9. The van der Waals surface area contributed by atoms with E-state index in [-0.39, 0.29) is 0 Å². The van der Waals surface area contributed by atoms with Gasteiger partial charge >= 0.3 is 0 Å². The zero-order valence-electron chi connectivity index (χ0n) is 31.9. The molecule has 5 nitrogen and oxygen atoms in total. The number of aromatic nitrogens is 4. The summed E-state index contributed by atoms with van der Waals surface area (Å²) in [5, 5.41) is 12.8. The smallest absolute Gasteiger partial charge is 0.164 e. The van der Waals surface area contributed by atoms with E-state index in [1.807, 2.05) is 72.0 Å². The second-order valence-electron chi connectivity index (χ2n) is 15.3.